The molecule has 2 aromatic heterocycles. The smallest absolute Gasteiger partial charge is 0.251 e. The van der Waals surface area contributed by atoms with Gasteiger partial charge in [-0.3, -0.25) is 4.79 Å². The van der Waals surface area contributed by atoms with Gasteiger partial charge in [0.1, 0.15) is 5.82 Å². The number of amides is 1. The van der Waals surface area contributed by atoms with E-state index in [0.29, 0.717) is 12.1 Å². The van der Waals surface area contributed by atoms with Crippen molar-refractivity contribution in [2.24, 2.45) is 0 Å². The largest absolute Gasteiger partial charge is 0.352 e. The van der Waals surface area contributed by atoms with Crippen molar-refractivity contribution in [2.45, 2.75) is 6.42 Å². The average Bonchev–Trinajstić information content (AvgIpc) is 3.18. The topological polar surface area (TPSA) is 29.1 Å². The first-order chi connectivity index (χ1) is 10.7. The third kappa shape index (κ3) is 3.61. The van der Waals surface area contributed by atoms with Crippen molar-refractivity contribution < 1.29 is 9.18 Å². The second kappa shape index (κ2) is 6.85. The third-order valence-electron chi connectivity index (χ3n) is 3.17. The molecule has 1 N–H and O–H groups in total. The summed E-state index contributed by atoms with van der Waals surface area (Å²) in [6, 6.07) is 14.1. The molecule has 0 atom stereocenters. The maximum absolute atomic E-state index is 13.1. The van der Waals surface area contributed by atoms with Crippen LogP contribution < -0.4 is 5.32 Å². The molecule has 0 saturated heterocycles. The number of thiophene rings is 2. The summed E-state index contributed by atoms with van der Waals surface area (Å²) in [4.78, 5) is 15.6. The highest BCUT2D eigenvalue weighted by molar-refractivity contribution is 7.21. The fraction of sp³-hybridized carbons (Fsp3) is 0.118. The maximum atomic E-state index is 13.1. The van der Waals surface area contributed by atoms with E-state index in [-0.39, 0.29) is 5.91 Å². The Bertz CT molecular complexity index is 765. The first-order valence-corrected chi connectivity index (χ1v) is 8.58. The van der Waals surface area contributed by atoms with E-state index in [1.807, 2.05) is 6.07 Å². The van der Waals surface area contributed by atoms with E-state index >= 15 is 0 Å². The minimum absolute atomic E-state index is 0.241. The van der Waals surface area contributed by atoms with E-state index in [2.05, 4.69) is 28.9 Å². The minimum atomic E-state index is -0.397. The number of hydrogen-bond donors (Lipinski definition) is 1. The van der Waals surface area contributed by atoms with Crippen molar-refractivity contribution in [3.05, 3.63) is 70.2 Å². The Morgan fingerprint density at radius 1 is 1.09 bits per heavy atom. The molecule has 0 bridgehead atoms. The molecule has 0 aliphatic heterocycles. The molecule has 22 heavy (non-hydrogen) atoms. The van der Waals surface area contributed by atoms with E-state index in [9.17, 15) is 9.18 Å². The molecule has 1 amide bonds. The molecular weight excluding hydrogens is 317 g/mol. The standard InChI is InChI=1S/C17H14FNOS2/c18-13-4-1-3-12(11-13)17(20)19-9-8-14-6-7-16(22-14)15-5-2-10-21-15/h1-7,10-11H,8-9H2,(H,19,20). The Morgan fingerprint density at radius 3 is 2.77 bits per heavy atom. The quantitative estimate of drug-likeness (QED) is 0.728. The summed E-state index contributed by atoms with van der Waals surface area (Å²) in [6.07, 6.45) is 0.775. The fourth-order valence-corrected chi connectivity index (χ4v) is 3.94. The molecule has 112 valence electrons. The number of halogens is 1. The molecule has 0 radical (unpaired) electrons. The van der Waals surface area contributed by atoms with Crippen LogP contribution in [0.25, 0.3) is 9.75 Å². The normalized spacial score (nSPS) is 10.6. The van der Waals surface area contributed by atoms with Crippen LogP contribution in [0.4, 0.5) is 4.39 Å². The highest BCUT2D eigenvalue weighted by atomic mass is 32.1. The Balaban J connectivity index is 1.54. The highest BCUT2D eigenvalue weighted by Crippen LogP contribution is 2.31. The Labute approximate surface area is 136 Å². The average molecular weight is 331 g/mol. The van der Waals surface area contributed by atoms with Crippen molar-refractivity contribution in [1.29, 1.82) is 0 Å². The van der Waals surface area contributed by atoms with Crippen LogP contribution >= 0.6 is 22.7 Å². The fourth-order valence-electron chi connectivity index (χ4n) is 2.09. The van der Waals surface area contributed by atoms with Crippen LogP contribution in [0.1, 0.15) is 15.2 Å². The second-order valence-electron chi connectivity index (χ2n) is 4.76. The lowest BCUT2D eigenvalue weighted by Gasteiger charge is -2.04. The van der Waals surface area contributed by atoms with Crippen molar-refractivity contribution in [1.82, 2.24) is 5.32 Å². The van der Waals surface area contributed by atoms with Gasteiger partial charge in [-0.2, -0.15) is 0 Å². The molecule has 3 rings (SSSR count). The number of hydrogen-bond acceptors (Lipinski definition) is 3. The summed E-state index contributed by atoms with van der Waals surface area (Å²) in [6.45, 7) is 0.541. The summed E-state index contributed by atoms with van der Waals surface area (Å²) in [5.74, 6) is -0.638. The second-order valence-corrected chi connectivity index (χ2v) is 6.88. The summed E-state index contributed by atoms with van der Waals surface area (Å²) in [7, 11) is 0. The molecule has 5 heteroatoms. The molecule has 0 fully saturated rings. The minimum Gasteiger partial charge on any atom is -0.352 e. The number of rotatable bonds is 5. The zero-order valence-corrected chi connectivity index (χ0v) is 13.3. The molecule has 0 aliphatic carbocycles. The third-order valence-corrected chi connectivity index (χ3v) is 5.38. The molecule has 0 saturated carbocycles. The van der Waals surface area contributed by atoms with Gasteiger partial charge in [-0.1, -0.05) is 12.1 Å². The zero-order valence-electron chi connectivity index (χ0n) is 11.7. The zero-order chi connectivity index (χ0) is 15.4. The van der Waals surface area contributed by atoms with Crippen LogP contribution in [0.3, 0.4) is 0 Å². The summed E-state index contributed by atoms with van der Waals surface area (Å²) < 4.78 is 13.1. The van der Waals surface area contributed by atoms with Crippen molar-refractivity contribution in [3.8, 4) is 9.75 Å². The molecule has 0 spiro atoms. The monoisotopic (exact) mass is 331 g/mol. The van der Waals surface area contributed by atoms with Gasteiger partial charge in [0, 0.05) is 26.7 Å². The predicted molar refractivity (Wildman–Crippen MR) is 90.1 cm³/mol. The Kier molecular flexibility index (Phi) is 4.65. The molecular formula is C17H14FNOS2. The molecule has 2 nitrogen and oxygen atoms in total. The number of carbonyl (C=O) groups is 1. The molecule has 3 aromatic rings. The Hall–Kier alpha value is -1.98. The predicted octanol–water partition coefficient (Wildman–Crippen LogP) is 4.59. The molecule has 0 unspecified atom stereocenters. The summed E-state index contributed by atoms with van der Waals surface area (Å²) in [5.41, 5.74) is 0.352. The van der Waals surface area contributed by atoms with Crippen LogP contribution in [0.5, 0.6) is 0 Å². The van der Waals surface area contributed by atoms with Crippen LogP contribution in [-0.2, 0) is 6.42 Å². The molecule has 2 heterocycles. The van der Waals surface area contributed by atoms with Crippen LogP contribution in [0.2, 0.25) is 0 Å². The van der Waals surface area contributed by atoms with Crippen molar-refractivity contribution in [3.63, 3.8) is 0 Å². The lowest BCUT2D eigenvalue weighted by molar-refractivity contribution is 0.0953. The Morgan fingerprint density at radius 2 is 2.00 bits per heavy atom. The highest BCUT2D eigenvalue weighted by Gasteiger charge is 2.07. The van der Waals surface area contributed by atoms with Crippen LogP contribution in [0, 0.1) is 5.82 Å². The van der Waals surface area contributed by atoms with E-state index < -0.39 is 5.82 Å². The summed E-state index contributed by atoms with van der Waals surface area (Å²) >= 11 is 3.46. The lowest BCUT2D eigenvalue weighted by Crippen LogP contribution is -2.25. The summed E-state index contributed by atoms with van der Waals surface area (Å²) in [5, 5.41) is 4.89. The van der Waals surface area contributed by atoms with Gasteiger partial charge in [0.25, 0.3) is 5.91 Å². The molecule has 1 aromatic carbocycles. The van der Waals surface area contributed by atoms with Gasteiger partial charge in [-0.05, 0) is 48.2 Å². The van der Waals surface area contributed by atoms with Gasteiger partial charge in [0.2, 0.25) is 0 Å². The number of benzene rings is 1. The van der Waals surface area contributed by atoms with Crippen molar-refractivity contribution in [2.75, 3.05) is 6.54 Å². The van der Waals surface area contributed by atoms with Gasteiger partial charge in [-0.15, -0.1) is 22.7 Å². The maximum Gasteiger partial charge on any atom is 0.251 e. The van der Waals surface area contributed by atoms with Crippen LogP contribution in [0.15, 0.2) is 53.9 Å². The first-order valence-electron chi connectivity index (χ1n) is 6.89. The SMILES string of the molecule is O=C(NCCc1ccc(-c2cccs2)s1)c1cccc(F)c1. The lowest BCUT2D eigenvalue weighted by atomic mass is 10.2. The van der Waals surface area contributed by atoms with Gasteiger partial charge in [0.05, 0.1) is 0 Å². The van der Waals surface area contributed by atoms with Gasteiger partial charge in [-0.25, -0.2) is 4.39 Å². The first kappa shape index (κ1) is 14.9. The van der Waals surface area contributed by atoms with E-state index in [0.717, 1.165) is 6.42 Å². The van der Waals surface area contributed by atoms with Gasteiger partial charge < -0.3 is 5.32 Å². The van der Waals surface area contributed by atoms with E-state index in [1.165, 1.54) is 32.8 Å². The van der Waals surface area contributed by atoms with Gasteiger partial charge >= 0.3 is 0 Å². The number of nitrogens with one attached hydrogen (secondary N) is 1. The van der Waals surface area contributed by atoms with Crippen molar-refractivity contribution >= 4 is 28.6 Å². The van der Waals surface area contributed by atoms with Gasteiger partial charge in [0.15, 0.2) is 0 Å². The van der Waals surface area contributed by atoms with Crippen LogP contribution in [-0.4, -0.2) is 12.5 Å². The van der Waals surface area contributed by atoms with E-state index in [1.54, 1.807) is 28.7 Å². The van der Waals surface area contributed by atoms with E-state index in [4.69, 9.17) is 0 Å². The number of carbonyl (C=O) groups excluding carboxylic acids is 1. The molecule has 0 aliphatic rings.